The first-order chi connectivity index (χ1) is 10.5. The first-order valence-electron chi connectivity index (χ1n) is 8.25. The second-order valence-electron chi connectivity index (χ2n) is 6.01. The Hall–Kier alpha value is -1.30. The quantitative estimate of drug-likeness (QED) is 0.451. The second kappa shape index (κ2) is 8.98. The van der Waals surface area contributed by atoms with Crippen molar-refractivity contribution in [2.75, 3.05) is 46.9 Å². The predicted octanol–water partition coefficient (Wildman–Crippen LogP) is 1.03. The summed E-state index contributed by atoms with van der Waals surface area (Å²) in [4.78, 5) is 20.7. The van der Waals surface area contributed by atoms with Crippen molar-refractivity contribution >= 4 is 11.9 Å². The zero-order valence-electron chi connectivity index (χ0n) is 14.9. The molecule has 0 aliphatic carbocycles. The van der Waals surface area contributed by atoms with E-state index in [1.807, 2.05) is 0 Å². The molecule has 0 aromatic rings. The SMILES string of the molecule is CCN(CC)C(C)CNC(=NC)N1CC(C)C(C(=O)OC)C1. The molecule has 3 atom stereocenters. The summed E-state index contributed by atoms with van der Waals surface area (Å²) in [6.45, 7) is 13.1. The number of ether oxygens (including phenoxy) is 1. The molecule has 1 fully saturated rings. The van der Waals surface area contributed by atoms with Crippen LogP contribution in [0.2, 0.25) is 0 Å². The smallest absolute Gasteiger partial charge is 0.310 e. The minimum Gasteiger partial charge on any atom is -0.469 e. The molecule has 0 bridgehead atoms. The van der Waals surface area contributed by atoms with Gasteiger partial charge in [0.15, 0.2) is 5.96 Å². The highest BCUT2D eigenvalue weighted by Crippen LogP contribution is 2.24. The summed E-state index contributed by atoms with van der Waals surface area (Å²) in [5.41, 5.74) is 0. The van der Waals surface area contributed by atoms with Crippen molar-refractivity contribution in [1.82, 2.24) is 15.1 Å². The number of likely N-dealkylation sites (N-methyl/N-ethyl adjacent to an activating group) is 1. The highest BCUT2D eigenvalue weighted by Gasteiger charge is 2.36. The van der Waals surface area contributed by atoms with E-state index in [2.05, 4.69) is 47.8 Å². The lowest BCUT2D eigenvalue weighted by Gasteiger charge is -2.29. The third-order valence-corrected chi connectivity index (χ3v) is 4.62. The molecule has 1 aliphatic heterocycles. The molecule has 1 heterocycles. The fourth-order valence-electron chi connectivity index (χ4n) is 3.15. The van der Waals surface area contributed by atoms with E-state index in [1.54, 1.807) is 7.05 Å². The Bertz CT molecular complexity index is 382. The fraction of sp³-hybridized carbons (Fsp3) is 0.875. The van der Waals surface area contributed by atoms with E-state index >= 15 is 0 Å². The molecule has 0 amide bonds. The Morgan fingerprint density at radius 3 is 2.55 bits per heavy atom. The Balaban J connectivity index is 2.57. The number of carbonyl (C=O) groups is 1. The Kier molecular flexibility index (Phi) is 7.65. The van der Waals surface area contributed by atoms with Crippen LogP contribution in [0, 0.1) is 11.8 Å². The van der Waals surface area contributed by atoms with Gasteiger partial charge in [0, 0.05) is 32.7 Å². The summed E-state index contributed by atoms with van der Waals surface area (Å²) in [6.07, 6.45) is 0. The zero-order chi connectivity index (χ0) is 16.7. The van der Waals surface area contributed by atoms with Crippen LogP contribution in [0.5, 0.6) is 0 Å². The normalized spacial score (nSPS) is 23.8. The van der Waals surface area contributed by atoms with Crippen LogP contribution in [0.25, 0.3) is 0 Å². The van der Waals surface area contributed by atoms with Crippen LogP contribution < -0.4 is 5.32 Å². The molecule has 1 saturated heterocycles. The average Bonchev–Trinajstić information content (AvgIpc) is 2.90. The van der Waals surface area contributed by atoms with Gasteiger partial charge in [-0.25, -0.2) is 0 Å². The van der Waals surface area contributed by atoms with Gasteiger partial charge in [0.2, 0.25) is 0 Å². The van der Waals surface area contributed by atoms with Gasteiger partial charge in [-0.15, -0.1) is 0 Å². The number of methoxy groups -OCH3 is 1. The summed E-state index contributed by atoms with van der Waals surface area (Å²) < 4.78 is 4.89. The third kappa shape index (κ3) is 4.60. The molecule has 0 radical (unpaired) electrons. The van der Waals surface area contributed by atoms with Crippen LogP contribution in [-0.4, -0.2) is 74.7 Å². The van der Waals surface area contributed by atoms with E-state index in [9.17, 15) is 4.79 Å². The third-order valence-electron chi connectivity index (χ3n) is 4.62. The van der Waals surface area contributed by atoms with Crippen LogP contribution in [0.4, 0.5) is 0 Å². The second-order valence-corrected chi connectivity index (χ2v) is 6.01. The van der Waals surface area contributed by atoms with Crippen LogP contribution in [0.15, 0.2) is 4.99 Å². The van der Waals surface area contributed by atoms with Crippen LogP contribution in [-0.2, 0) is 9.53 Å². The first-order valence-corrected chi connectivity index (χ1v) is 8.25. The van der Waals surface area contributed by atoms with Gasteiger partial charge in [-0.1, -0.05) is 20.8 Å². The van der Waals surface area contributed by atoms with Gasteiger partial charge in [0.25, 0.3) is 0 Å². The number of rotatable bonds is 6. The molecule has 0 aromatic heterocycles. The van der Waals surface area contributed by atoms with E-state index < -0.39 is 0 Å². The van der Waals surface area contributed by atoms with E-state index in [0.717, 1.165) is 32.1 Å². The number of guanidine groups is 1. The van der Waals surface area contributed by atoms with Crippen molar-refractivity contribution in [3.63, 3.8) is 0 Å². The van der Waals surface area contributed by atoms with E-state index in [1.165, 1.54) is 7.11 Å². The van der Waals surface area contributed by atoms with Gasteiger partial charge < -0.3 is 15.0 Å². The van der Waals surface area contributed by atoms with E-state index in [4.69, 9.17) is 4.74 Å². The van der Waals surface area contributed by atoms with Crippen molar-refractivity contribution in [2.24, 2.45) is 16.8 Å². The molecule has 22 heavy (non-hydrogen) atoms. The minimum atomic E-state index is -0.123. The maximum absolute atomic E-state index is 11.8. The van der Waals surface area contributed by atoms with Crippen molar-refractivity contribution in [3.05, 3.63) is 0 Å². The standard InChI is InChI=1S/C16H32N4O2/c1-7-19(8-2)13(4)9-18-16(17-5)20-10-12(3)14(11-20)15(21)22-6/h12-14H,7-11H2,1-6H3,(H,17,18). The summed E-state index contributed by atoms with van der Waals surface area (Å²) in [7, 11) is 3.25. The van der Waals surface area contributed by atoms with Crippen molar-refractivity contribution < 1.29 is 9.53 Å². The maximum Gasteiger partial charge on any atom is 0.310 e. The topological polar surface area (TPSA) is 57.2 Å². The Morgan fingerprint density at radius 2 is 2.05 bits per heavy atom. The number of esters is 1. The van der Waals surface area contributed by atoms with Gasteiger partial charge in [-0.3, -0.25) is 14.7 Å². The molecule has 6 nitrogen and oxygen atoms in total. The van der Waals surface area contributed by atoms with Crippen molar-refractivity contribution in [3.8, 4) is 0 Å². The minimum absolute atomic E-state index is 0.0660. The van der Waals surface area contributed by atoms with Crippen LogP contribution >= 0.6 is 0 Å². The summed E-state index contributed by atoms with van der Waals surface area (Å²) in [6, 6.07) is 0.447. The highest BCUT2D eigenvalue weighted by molar-refractivity contribution is 5.82. The number of carbonyl (C=O) groups excluding carboxylic acids is 1. The number of hydrogen-bond donors (Lipinski definition) is 1. The molecule has 3 unspecified atom stereocenters. The van der Waals surface area contributed by atoms with Gasteiger partial charge in [0.05, 0.1) is 13.0 Å². The molecule has 1 N–H and O–H groups in total. The molecule has 0 aromatic carbocycles. The van der Waals surface area contributed by atoms with Gasteiger partial charge >= 0.3 is 5.97 Å². The molecule has 1 rings (SSSR count). The molecule has 0 spiro atoms. The summed E-state index contributed by atoms with van der Waals surface area (Å²) >= 11 is 0. The van der Waals surface area contributed by atoms with E-state index in [0.29, 0.717) is 12.6 Å². The monoisotopic (exact) mass is 312 g/mol. The summed E-state index contributed by atoms with van der Waals surface area (Å²) in [5, 5.41) is 3.44. The van der Waals surface area contributed by atoms with E-state index in [-0.39, 0.29) is 17.8 Å². The fourth-order valence-corrected chi connectivity index (χ4v) is 3.15. The number of aliphatic imine (C=N–C) groups is 1. The van der Waals surface area contributed by atoms with Crippen LogP contribution in [0.1, 0.15) is 27.7 Å². The van der Waals surface area contributed by atoms with Gasteiger partial charge in [0.1, 0.15) is 0 Å². The molecular weight excluding hydrogens is 280 g/mol. The highest BCUT2D eigenvalue weighted by atomic mass is 16.5. The Morgan fingerprint density at radius 1 is 1.41 bits per heavy atom. The first kappa shape index (κ1) is 18.7. The lowest BCUT2D eigenvalue weighted by atomic mass is 9.99. The lowest BCUT2D eigenvalue weighted by molar-refractivity contribution is -0.145. The van der Waals surface area contributed by atoms with Crippen molar-refractivity contribution in [1.29, 1.82) is 0 Å². The largest absolute Gasteiger partial charge is 0.469 e. The molecule has 0 saturated carbocycles. The number of nitrogens with zero attached hydrogens (tertiary/aromatic N) is 3. The predicted molar refractivity (Wildman–Crippen MR) is 90.0 cm³/mol. The molecule has 128 valence electrons. The maximum atomic E-state index is 11.8. The average molecular weight is 312 g/mol. The van der Waals surface area contributed by atoms with Gasteiger partial charge in [-0.05, 0) is 25.9 Å². The van der Waals surface area contributed by atoms with Gasteiger partial charge in [-0.2, -0.15) is 0 Å². The molecular formula is C16H32N4O2. The lowest BCUT2D eigenvalue weighted by Crippen LogP contribution is -2.47. The molecule has 1 aliphatic rings. The number of nitrogens with one attached hydrogen (secondary N) is 1. The number of likely N-dealkylation sites (tertiary alicyclic amines) is 1. The van der Waals surface area contributed by atoms with Crippen LogP contribution in [0.3, 0.4) is 0 Å². The number of hydrogen-bond acceptors (Lipinski definition) is 4. The zero-order valence-corrected chi connectivity index (χ0v) is 14.9. The Labute approximate surface area is 134 Å². The molecule has 6 heteroatoms. The van der Waals surface area contributed by atoms with Crippen molar-refractivity contribution in [2.45, 2.75) is 33.7 Å². The summed E-state index contributed by atoms with van der Waals surface area (Å²) in [5.74, 6) is 0.967.